The molecule has 1 saturated heterocycles. The first kappa shape index (κ1) is 10.9. The Labute approximate surface area is 95.1 Å². The minimum absolute atomic E-state index is 0.0116. The zero-order valence-corrected chi connectivity index (χ0v) is 9.32. The molecule has 1 aliphatic rings. The Balaban J connectivity index is 1.82. The Bertz CT molecular complexity index is 289. The fourth-order valence-electron chi connectivity index (χ4n) is 1.62. The summed E-state index contributed by atoms with van der Waals surface area (Å²) >= 11 is 6.10. The van der Waals surface area contributed by atoms with Crippen LogP contribution in [0.25, 0.3) is 0 Å². The Hall–Kier alpha value is -0.570. The average Bonchev–Trinajstić information content (AvgIpc) is 2.29. The maximum atomic E-state index is 6.10. The van der Waals surface area contributed by atoms with E-state index in [4.69, 9.17) is 21.1 Å². The van der Waals surface area contributed by atoms with Crippen molar-refractivity contribution in [1.82, 2.24) is 0 Å². The number of ether oxygens (including phenoxy) is 2. The predicted molar refractivity (Wildman–Crippen MR) is 59.8 cm³/mol. The lowest BCUT2D eigenvalue weighted by Gasteiger charge is -2.27. The monoisotopic (exact) mass is 226 g/mol. The molecule has 0 N–H and O–H groups in total. The minimum Gasteiger partial charge on any atom is -0.351 e. The average molecular weight is 227 g/mol. The van der Waals surface area contributed by atoms with Crippen molar-refractivity contribution in [3.63, 3.8) is 0 Å². The van der Waals surface area contributed by atoms with Gasteiger partial charge in [-0.2, -0.15) is 0 Å². The van der Waals surface area contributed by atoms with Crippen molar-refractivity contribution in [3.05, 3.63) is 35.9 Å². The molecule has 1 heterocycles. The van der Waals surface area contributed by atoms with Crippen molar-refractivity contribution in [2.45, 2.75) is 31.1 Å². The van der Waals surface area contributed by atoms with E-state index in [0.717, 1.165) is 25.0 Å². The van der Waals surface area contributed by atoms with Gasteiger partial charge in [-0.25, -0.2) is 0 Å². The van der Waals surface area contributed by atoms with E-state index in [0.29, 0.717) is 6.61 Å². The quantitative estimate of drug-likeness (QED) is 0.738. The van der Waals surface area contributed by atoms with Crippen LogP contribution < -0.4 is 0 Å². The normalized spacial score (nSPS) is 26.5. The summed E-state index contributed by atoms with van der Waals surface area (Å²) in [5.74, 6) is 0. The molecular weight excluding hydrogens is 212 g/mol. The lowest BCUT2D eigenvalue weighted by atomic mass is 10.2. The molecule has 2 atom stereocenters. The van der Waals surface area contributed by atoms with Gasteiger partial charge in [-0.15, -0.1) is 11.6 Å². The fraction of sp³-hybridized carbons (Fsp3) is 0.500. The van der Waals surface area contributed by atoms with Gasteiger partial charge in [0.25, 0.3) is 0 Å². The molecule has 0 aromatic heterocycles. The van der Waals surface area contributed by atoms with Crippen LogP contribution in [0.5, 0.6) is 0 Å². The second-order valence-electron chi connectivity index (χ2n) is 3.69. The molecule has 82 valence electrons. The van der Waals surface area contributed by atoms with Crippen molar-refractivity contribution < 1.29 is 9.47 Å². The third kappa shape index (κ3) is 3.20. The maximum absolute atomic E-state index is 6.10. The number of hydrogen-bond donors (Lipinski definition) is 0. The smallest absolute Gasteiger partial charge is 0.174 e. The fourth-order valence-corrected chi connectivity index (χ4v) is 1.92. The molecule has 1 aliphatic heterocycles. The van der Waals surface area contributed by atoms with Crippen LogP contribution in [0.2, 0.25) is 0 Å². The SMILES string of the molecule is Cl[C@H]1CCCO[C@H]1OCc1ccccc1. The highest BCUT2D eigenvalue weighted by molar-refractivity contribution is 6.20. The molecule has 0 amide bonds. The van der Waals surface area contributed by atoms with Crippen molar-refractivity contribution in [2.24, 2.45) is 0 Å². The largest absolute Gasteiger partial charge is 0.351 e. The molecule has 0 saturated carbocycles. The molecule has 15 heavy (non-hydrogen) atoms. The molecule has 1 fully saturated rings. The molecule has 0 radical (unpaired) electrons. The van der Waals surface area contributed by atoms with Crippen LogP contribution >= 0.6 is 11.6 Å². The van der Waals surface area contributed by atoms with Gasteiger partial charge < -0.3 is 9.47 Å². The molecule has 1 aromatic carbocycles. The van der Waals surface area contributed by atoms with Crippen LogP contribution in [0.3, 0.4) is 0 Å². The highest BCUT2D eigenvalue weighted by Crippen LogP contribution is 2.21. The molecule has 0 unspecified atom stereocenters. The van der Waals surface area contributed by atoms with E-state index < -0.39 is 0 Å². The predicted octanol–water partition coefficient (Wildman–Crippen LogP) is 2.95. The molecule has 2 rings (SSSR count). The Morgan fingerprint density at radius 2 is 2.13 bits per heavy atom. The maximum Gasteiger partial charge on any atom is 0.174 e. The van der Waals surface area contributed by atoms with Crippen molar-refractivity contribution in [1.29, 1.82) is 0 Å². The van der Waals surface area contributed by atoms with E-state index in [9.17, 15) is 0 Å². The van der Waals surface area contributed by atoms with Gasteiger partial charge in [0.2, 0.25) is 0 Å². The van der Waals surface area contributed by atoms with Crippen LogP contribution in [0, 0.1) is 0 Å². The van der Waals surface area contributed by atoms with Gasteiger partial charge in [-0.1, -0.05) is 30.3 Å². The lowest BCUT2D eigenvalue weighted by Crippen LogP contribution is -2.32. The second-order valence-corrected chi connectivity index (χ2v) is 4.25. The van der Waals surface area contributed by atoms with Gasteiger partial charge in [0, 0.05) is 6.61 Å². The van der Waals surface area contributed by atoms with E-state index in [-0.39, 0.29) is 11.7 Å². The molecule has 0 spiro atoms. The first-order valence-corrected chi connectivity index (χ1v) is 5.71. The van der Waals surface area contributed by atoms with E-state index in [2.05, 4.69) is 0 Å². The van der Waals surface area contributed by atoms with Crippen LogP contribution in [-0.2, 0) is 16.1 Å². The molecule has 3 heteroatoms. The van der Waals surface area contributed by atoms with Crippen LogP contribution in [0.4, 0.5) is 0 Å². The van der Waals surface area contributed by atoms with Crippen molar-refractivity contribution in [3.8, 4) is 0 Å². The molecule has 1 aromatic rings. The first-order chi connectivity index (χ1) is 7.36. The van der Waals surface area contributed by atoms with E-state index in [1.54, 1.807) is 0 Å². The summed E-state index contributed by atoms with van der Waals surface area (Å²) in [5.41, 5.74) is 1.15. The summed E-state index contributed by atoms with van der Waals surface area (Å²) in [6.45, 7) is 1.32. The summed E-state index contributed by atoms with van der Waals surface area (Å²) in [4.78, 5) is 0. The zero-order valence-electron chi connectivity index (χ0n) is 8.56. The van der Waals surface area contributed by atoms with E-state index in [1.165, 1.54) is 0 Å². The van der Waals surface area contributed by atoms with Gasteiger partial charge in [0.1, 0.15) is 0 Å². The molecular formula is C12H15ClO2. The summed E-state index contributed by atoms with van der Waals surface area (Å²) in [6, 6.07) is 10.1. The van der Waals surface area contributed by atoms with Crippen LogP contribution in [0.15, 0.2) is 30.3 Å². The second kappa shape index (κ2) is 5.50. The number of halogens is 1. The number of alkyl halides is 1. The third-order valence-corrected chi connectivity index (χ3v) is 2.88. The summed E-state index contributed by atoms with van der Waals surface area (Å²) < 4.78 is 11.1. The van der Waals surface area contributed by atoms with Gasteiger partial charge >= 0.3 is 0 Å². The molecule has 0 bridgehead atoms. The summed E-state index contributed by atoms with van der Waals surface area (Å²) in [6.07, 6.45) is 1.75. The highest BCUT2D eigenvalue weighted by atomic mass is 35.5. The first-order valence-electron chi connectivity index (χ1n) is 5.27. The van der Waals surface area contributed by atoms with Crippen LogP contribution in [0.1, 0.15) is 18.4 Å². The van der Waals surface area contributed by atoms with E-state index >= 15 is 0 Å². The van der Waals surface area contributed by atoms with Crippen molar-refractivity contribution in [2.75, 3.05) is 6.61 Å². The van der Waals surface area contributed by atoms with Gasteiger partial charge in [0.15, 0.2) is 6.29 Å². The van der Waals surface area contributed by atoms with E-state index in [1.807, 2.05) is 30.3 Å². The summed E-state index contributed by atoms with van der Waals surface area (Å²) in [7, 11) is 0. The van der Waals surface area contributed by atoms with Gasteiger partial charge in [0.05, 0.1) is 12.0 Å². The van der Waals surface area contributed by atoms with Crippen LogP contribution in [-0.4, -0.2) is 18.3 Å². The number of hydrogen-bond acceptors (Lipinski definition) is 2. The summed E-state index contributed by atoms with van der Waals surface area (Å²) in [5, 5.41) is -0.0116. The Morgan fingerprint density at radius 1 is 1.33 bits per heavy atom. The Morgan fingerprint density at radius 3 is 2.87 bits per heavy atom. The third-order valence-electron chi connectivity index (χ3n) is 2.46. The minimum atomic E-state index is -0.249. The molecule has 2 nitrogen and oxygen atoms in total. The topological polar surface area (TPSA) is 18.5 Å². The lowest BCUT2D eigenvalue weighted by molar-refractivity contribution is -0.166. The zero-order chi connectivity index (χ0) is 10.5. The molecule has 0 aliphatic carbocycles. The van der Waals surface area contributed by atoms with Crippen molar-refractivity contribution >= 4 is 11.6 Å². The highest BCUT2D eigenvalue weighted by Gasteiger charge is 2.24. The number of rotatable bonds is 3. The van der Waals surface area contributed by atoms with Gasteiger partial charge in [-0.3, -0.25) is 0 Å². The standard InChI is InChI=1S/C12H15ClO2/c13-11-7-4-8-14-12(11)15-9-10-5-2-1-3-6-10/h1-3,5-6,11-12H,4,7-9H2/t11-,12-/m0/s1. The number of benzene rings is 1. The van der Waals surface area contributed by atoms with Gasteiger partial charge in [-0.05, 0) is 18.4 Å². The Kier molecular flexibility index (Phi) is 4.01.